The van der Waals surface area contributed by atoms with E-state index in [4.69, 9.17) is 0 Å². The molecule has 0 radical (unpaired) electrons. The fourth-order valence-electron chi connectivity index (χ4n) is 1.88. The quantitative estimate of drug-likeness (QED) is 0.870. The lowest BCUT2D eigenvalue weighted by Gasteiger charge is -2.13. The minimum atomic E-state index is -0.887. The Hall–Kier alpha value is -1.30. The van der Waals surface area contributed by atoms with Gasteiger partial charge in [0.15, 0.2) is 0 Å². The Morgan fingerprint density at radius 1 is 1.35 bits per heavy atom. The molecule has 88 valence electrons. The molecule has 17 heavy (non-hydrogen) atoms. The molecule has 0 aliphatic heterocycles. The second kappa shape index (κ2) is 4.91. The van der Waals surface area contributed by atoms with E-state index in [0.717, 1.165) is 21.2 Å². The fraction of sp³-hybridized carbons (Fsp3) is 0.154. The number of benzene rings is 1. The molecule has 1 heterocycles. The Morgan fingerprint density at radius 3 is 2.53 bits per heavy atom. The third-order valence-electron chi connectivity index (χ3n) is 2.63. The van der Waals surface area contributed by atoms with Crippen LogP contribution in [0.4, 0.5) is 0 Å². The van der Waals surface area contributed by atoms with Gasteiger partial charge in [-0.05, 0) is 58.8 Å². The van der Waals surface area contributed by atoms with Crippen LogP contribution in [0.3, 0.4) is 0 Å². The molecule has 2 rings (SSSR count). The molecule has 0 spiro atoms. The van der Waals surface area contributed by atoms with Gasteiger partial charge in [0.2, 0.25) is 0 Å². The van der Waals surface area contributed by atoms with Crippen molar-refractivity contribution < 1.29 is 9.90 Å². The van der Waals surface area contributed by atoms with Crippen LogP contribution in [0.15, 0.2) is 36.7 Å². The van der Waals surface area contributed by atoms with Crippen LogP contribution in [0.2, 0.25) is 0 Å². The maximum atomic E-state index is 11.3. The Balaban J connectivity index is 2.74. The highest BCUT2D eigenvalue weighted by atomic mass is 127. The molecule has 0 saturated heterocycles. The van der Waals surface area contributed by atoms with Crippen LogP contribution in [0.1, 0.15) is 22.8 Å². The zero-order valence-corrected chi connectivity index (χ0v) is 11.5. The highest BCUT2D eigenvalue weighted by molar-refractivity contribution is 14.1. The third kappa shape index (κ3) is 2.36. The Morgan fingerprint density at radius 2 is 2.00 bits per heavy atom. The average Bonchev–Trinajstić information content (AvgIpc) is 2.80. The van der Waals surface area contributed by atoms with E-state index in [-0.39, 0.29) is 0 Å². The minimum absolute atomic E-state index is 0.352. The van der Waals surface area contributed by atoms with Gasteiger partial charge in [0.05, 0.1) is 11.3 Å². The van der Waals surface area contributed by atoms with E-state index in [2.05, 4.69) is 22.6 Å². The number of nitrogens with zero attached hydrogens (tertiary/aromatic N) is 1. The third-order valence-corrected chi connectivity index (χ3v) is 3.25. The fourth-order valence-corrected chi connectivity index (χ4v) is 2.56. The summed E-state index contributed by atoms with van der Waals surface area (Å²) in [5.74, 6) is -0.887. The van der Waals surface area contributed by atoms with Gasteiger partial charge in [0.25, 0.3) is 0 Å². The van der Waals surface area contributed by atoms with Crippen molar-refractivity contribution in [2.24, 2.45) is 0 Å². The van der Waals surface area contributed by atoms with Gasteiger partial charge in [-0.2, -0.15) is 0 Å². The maximum Gasteiger partial charge on any atom is 0.337 e. The van der Waals surface area contributed by atoms with Gasteiger partial charge < -0.3 is 9.67 Å². The topological polar surface area (TPSA) is 42.2 Å². The van der Waals surface area contributed by atoms with E-state index in [9.17, 15) is 9.90 Å². The Labute approximate surface area is 113 Å². The van der Waals surface area contributed by atoms with E-state index in [1.54, 1.807) is 6.07 Å². The molecule has 0 saturated carbocycles. The zero-order chi connectivity index (χ0) is 12.4. The predicted octanol–water partition coefficient (Wildman–Crippen LogP) is 3.34. The van der Waals surface area contributed by atoms with Crippen LogP contribution in [0.5, 0.6) is 0 Å². The number of aromatic carboxylic acids is 1. The highest BCUT2D eigenvalue weighted by Gasteiger charge is 2.15. The van der Waals surface area contributed by atoms with E-state index in [1.807, 2.05) is 42.1 Å². The number of carboxylic acids is 1. The summed E-state index contributed by atoms with van der Waals surface area (Å²) in [5, 5.41) is 9.29. The van der Waals surface area contributed by atoms with Crippen molar-refractivity contribution in [3.8, 4) is 5.69 Å². The number of rotatable bonds is 3. The molecule has 0 aliphatic carbocycles. The number of aryl methyl sites for hydroxylation is 1. The summed E-state index contributed by atoms with van der Waals surface area (Å²) in [5.41, 5.74) is 2.17. The van der Waals surface area contributed by atoms with Gasteiger partial charge in [0.1, 0.15) is 0 Å². The van der Waals surface area contributed by atoms with E-state index < -0.39 is 5.97 Å². The van der Waals surface area contributed by atoms with Gasteiger partial charge in [-0.15, -0.1) is 0 Å². The normalized spacial score (nSPS) is 10.5. The van der Waals surface area contributed by atoms with Crippen LogP contribution in [0.25, 0.3) is 5.69 Å². The molecule has 0 bridgehead atoms. The standard InChI is InChI=1S/C13H12INO2/c1-2-9-7-10(14)8-11(13(16)17)12(9)15-5-3-4-6-15/h3-8H,2H2,1H3,(H,16,17). The first-order valence-electron chi connectivity index (χ1n) is 5.32. The van der Waals surface area contributed by atoms with Gasteiger partial charge in [-0.1, -0.05) is 6.92 Å². The molecule has 1 aromatic carbocycles. The molecule has 2 aromatic rings. The summed E-state index contributed by atoms with van der Waals surface area (Å²) in [6, 6.07) is 7.52. The molecular weight excluding hydrogens is 329 g/mol. The average molecular weight is 341 g/mol. The van der Waals surface area contributed by atoms with Gasteiger partial charge >= 0.3 is 5.97 Å². The summed E-state index contributed by atoms with van der Waals surface area (Å²) in [7, 11) is 0. The molecule has 1 N–H and O–H groups in total. The first kappa shape index (κ1) is 12.2. The molecule has 3 nitrogen and oxygen atoms in total. The van der Waals surface area contributed by atoms with Crippen molar-refractivity contribution in [3.63, 3.8) is 0 Å². The smallest absolute Gasteiger partial charge is 0.337 e. The van der Waals surface area contributed by atoms with Crippen LogP contribution in [-0.2, 0) is 6.42 Å². The number of carboxylic acid groups (broad SMARTS) is 1. The molecule has 0 aliphatic rings. The summed E-state index contributed by atoms with van der Waals surface area (Å²) in [6.45, 7) is 2.03. The number of carbonyl (C=O) groups is 1. The molecular formula is C13H12INO2. The summed E-state index contributed by atoms with van der Waals surface area (Å²) in [6.07, 6.45) is 4.55. The molecule has 0 unspecified atom stereocenters. The first-order chi connectivity index (χ1) is 8.13. The number of hydrogen-bond donors (Lipinski definition) is 1. The van der Waals surface area contributed by atoms with Crippen molar-refractivity contribution in [1.82, 2.24) is 4.57 Å². The lowest BCUT2D eigenvalue weighted by molar-refractivity contribution is 0.0696. The molecule has 0 atom stereocenters. The van der Waals surface area contributed by atoms with Gasteiger partial charge in [-0.3, -0.25) is 0 Å². The summed E-state index contributed by atoms with van der Waals surface area (Å²) in [4.78, 5) is 11.3. The summed E-state index contributed by atoms with van der Waals surface area (Å²) < 4.78 is 2.81. The lowest BCUT2D eigenvalue weighted by Crippen LogP contribution is -2.08. The van der Waals surface area contributed by atoms with E-state index >= 15 is 0 Å². The monoisotopic (exact) mass is 341 g/mol. The van der Waals surface area contributed by atoms with Crippen LogP contribution < -0.4 is 0 Å². The second-order valence-electron chi connectivity index (χ2n) is 3.71. The zero-order valence-electron chi connectivity index (χ0n) is 9.35. The van der Waals surface area contributed by atoms with Crippen LogP contribution in [0, 0.1) is 3.57 Å². The molecule has 4 heteroatoms. The van der Waals surface area contributed by atoms with Crippen molar-refractivity contribution in [2.45, 2.75) is 13.3 Å². The Kier molecular flexibility index (Phi) is 3.51. The maximum absolute atomic E-state index is 11.3. The second-order valence-corrected chi connectivity index (χ2v) is 4.96. The van der Waals surface area contributed by atoms with Gasteiger partial charge in [-0.25, -0.2) is 4.79 Å². The molecule has 0 amide bonds. The molecule has 0 fully saturated rings. The van der Waals surface area contributed by atoms with Crippen LogP contribution >= 0.6 is 22.6 Å². The SMILES string of the molecule is CCc1cc(I)cc(C(=O)O)c1-n1cccc1. The highest BCUT2D eigenvalue weighted by Crippen LogP contribution is 2.24. The number of halogens is 1. The molecule has 1 aromatic heterocycles. The number of hydrogen-bond acceptors (Lipinski definition) is 1. The van der Waals surface area contributed by atoms with Crippen molar-refractivity contribution in [1.29, 1.82) is 0 Å². The van der Waals surface area contributed by atoms with Crippen molar-refractivity contribution in [2.75, 3.05) is 0 Å². The number of aromatic nitrogens is 1. The Bertz CT molecular complexity index is 547. The first-order valence-corrected chi connectivity index (χ1v) is 6.40. The van der Waals surface area contributed by atoms with Gasteiger partial charge in [0, 0.05) is 16.0 Å². The minimum Gasteiger partial charge on any atom is -0.478 e. The lowest BCUT2D eigenvalue weighted by atomic mass is 10.0. The van der Waals surface area contributed by atoms with Crippen molar-refractivity contribution >= 4 is 28.6 Å². The van der Waals surface area contributed by atoms with Crippen LogP contribution in [-0.4, -0.2) is 15.6 Å². The predicted molar refractivity (Wildman–Crippen MR) is 74.8 cm³/mol. The van der Waals surface area contributed by atoms with E-state index in [0.29, 0.717) is 5.56 Å². The van der Waals surface area contributed by atoms with Crippen molar-refractivity contribution in [3.05, 3.63) is 51.4 Å². The summed E-state index contributed by atoms with van der Waals surface area (Å²) >= 11 is 2.15. The largest absolute Gasteiger partial charge is 0.478 e. The van der Waals surface area contributed by atoms with E-state index in [1.165, 1.54) is 0 Å².